The van der Waals surface area contributed by atoms with Gasteiger partial charge in [-0.1, -0.05) is 0 Å². The Morgan fingerprint density at radius 3 is 2.50 bits per heavy atom. The monoisotopic (exact) mass is 225 g/mol. The molecule has 0 bridgehead atoms. The van der Waals surface area contributed by atoms with Gasteiger partial charge < -0.3 is 16.4 Å². The lowest BCUT2D eigenvalue weighted by atomic mass is 10.5. The predicted octanol–water partition coefficient (Wildman–Crippen LogP) is -1.93. The van der Waals surface area contributed by atoms with Gasteiger partial charge in [0.1, 0.15) is 0 Å². The summed E-state index contributed by atoms with van der Waals surface area (Å²) in [5.74, 6) is -1.31. The SMILES string of the molecule is NCCNC(=O)C(=O)NCCn1cccn1. The van der Waals surface area contributed by atoms with Gasteiger partial charge in [-0.25, -0.2) is 0 Å². The molecular formula is C9H15N5O2. The Bertz CT molecular complexity index is 336. The minimum Gasteiger partial charge on any atom is -0.347 e. The normalized spacial score (nSPS) is 9.81. The molecule has 16 heavy (non-hydrogen) atoms. The smallest absolute Gasteiger partial charge is 0.309 e. The Kier molecular flexibility index (Phi) is 5.00. The second-order valence-electron chi connectivity index (χ2n) is 3.07. The highest BCUT2D eigenvalue weighted by Crippen LogP contribution is 1.82. The molecule has 0 saturated carbocycles. The van der Waals surface area contributed by atoms with E-state index in [0.717, 1.165) is 0 Å². The molecule has 0 atom stereocenters. The molecule has 0 saturated heterocycles. The Morgan fingerprint density at radius 2 is 1.94 bits per heavy atom. The second kappa shape index (κ2) is 6.57. The molecule has 7 heteroatoms. The van der Waals surface area contributed by atoms with Crippen LogP contribution in [0.5, 0.6) is 0 Å². The molecule has 2 amide bonds. The van der Waals surface area contributed by atoms with Crippen molar-refractivity contribution < 1.29 is 9.59 Å². The maximum absolute atomic E-state index is 11.2. The van der Waals surface area contributed by atoms with Gasteiger partial charge in [0, 0.05) is 32.0 Å². The fourth-order valence-electron chi connectivity index (χ4n) is 1.06. The van der Waals surface area contributed by atoms with Crippen molar-refractivity contribution in [3.8, 4) is 0 Å². The first kappa shape index (κ1) is 12.2. The van der Waals surface area contributed by atoms with Gasteiger partial charge in [-0.05, 0) is 6.07 Å². The van der Waals surface area contributed by atoms with Gasteiger partial charge >= 0.3 is 11.8 Å². The number of nitrogens with two attached hydrogens (primary N) is 1. The van der Waals surface area contributed by atoms with E-state index < -0.39 is 11.8 Å². The lowest BCUT2D eigenvalue weighted by Gasteiger charge is -2.05. The minimum atomic E-state index is -0.661. The van der Waals surface area contributed by atoms with Crippen molar-refractivity contribution in [2.75, 3.05) is 19.6 Å². The third kappa shape index (κ3) is 4.09. The van der Waals surface area contributed by atoms with Crippen LogP contribution in [0.2, 0.25) is 0 Å². The topological polar surface area (TPSA) is 102 Å². The van der Waals surface area contributed by atoms with Gasteiger partial charge in [-0.15, -0.1) is 0 Å². The van der Waals surface area contributed by atoms with Crippen LogP contribution in [-0.2, 0) is 16.1 Å². The number of hydrogen-bond donors (Lipinski definition) is 3. The van der Waals surface area contributed by atoms with Gasteiger partial charge in [0.05, 0.1) is 6.54 Å². The molecule has 0 radical (unpaired) electrons. The Labute approximate surface area is 93.0 Å². The summed E-state index contributed by atoms with van der Waals surface area (Å²) in [6, 6.07) is 1.79. The van der Waals surface area contributed by atoms with Crippen molar-refractivity contribution in [3.05, 3.63) is 18.5 Å². The average Bonchev–Trinajstić information content (AvgIpc) is 2.78. The van der Waals surface area contributed by atoms with Crippen LogP contribution in [0.1, 0.15) is 0 Å². The highest BCUT2D eigenvalue weighted by atomic mass is 16.2. The van der Waals surface area contributed by atoms with E-state index in [1.165, 1.54) is 0 Å². The average molecular weight is 225 g/mol. The highest BCUT2D eigenvalue weighted by Gasteiger charge is 2.10. The Balaban J connectivity index is 2.17. The number of amides is 2. The zero-order valence-corrected chi connectivity index (χ0v) is 8.85. The van der Waals surface area contributed by atoms with Crippen molar-refractivity contribution in [2.24, 2.45) is 5.73 Å². The quantitative estimate of drug-likeness (QED) is 0.508. The Hall–Kier alpha value is -1.89. The molecule has 0 fully saturated rings. The van der Waals surface area contributed by atoms with Crippen molar-refractivity contribution >= 4 is 11.8 Å². The maximum atomic E-state index is 11.2. The first-order valence-electron chi connectivity index (χ1n) is 4.97. The molecule has 0 aromatic carbocycles. The lowest BCUT2D eigenvalue weighted by Crippen LogP contribution is -2.42. The molecule has 4 N–H and O–H groups in total. The van der Waals surface area contributed by atoms with Crippen LogP contribution in [0.15, 0.2) is 18.5 Å². The van der Waals surface area contributed by atoms with E-state index in [9.17, 15) is 9.59 Å². The standard InChI is InChI=1S/C9H15N5O2/c10-2-4-11-8(15)9(16)12-5-7-14-6-1-3-13-14/h1,3,6H,2,4-5,7,10H2,(H,11,15)(H,12,16). The number of nitrogens with zero attached hydrogens (tertiary/aromatic N) is 2. The minimum absolute atomic E-state index is 0.297. The van der Waals surface area contributed by atoms with E-state index in [1.54, 1.807) is 23.1 Å². The summed E-state index contributed by atoms with van der Waals surface area (Å²) in [5, 5.41) is 8.81. The van der Waals surface area contributed by atoms with E-state index in [0.29, 0.717) is 26.2 Å². The first-order valence-corrected chi connectivity index (χ1v) is 4.97. The number of carbonyl (C=O) groups excluding carboxylic acids is 2. The van der Waals surface area contributed by atoms with Gasteiger partial charge in [0.25, 0.3) is 0 Å². The Morgan fingerprint density at radius 1 is 1.25 bits per heavy atom. The van der Waals surface area contributed by atoms with E-state index >= 15 is 0 Å². The van der Waals surface area contributed by atoms with Crippen LogP contribution >= 0.6 is 0 Å². The zero-order chi connectivity index (χ0) is 11.8. The molecule has 1 rings (SSSR count). The highest BCUT2D eigenvalue weighted by molar-refractivity contribution is 6.35. The number of nitrogens with one attached hydrogen (secondary N) is 2. The van der Waals surface area contributed by atoms with Crippen LogP contribution in [0.3, 0.4) is 0 Å². The molecule has 0 aliphatic rings. The first-order chi connectivity index (χ1) is 7.74. The summed E-state index contributed by atoms with van der Waals surface area (Å²) in [6.07, 6.45) is 3.43. The third-order valence-electron chi connectivity index (χ3n) is 1.82. The summed E-state index contributed by atoms with van der Waals surface area (Å²) in [6.45, 7) is 1.50. The maximum Gasteiger partial charge on any atom is 0.309 e. The number of rotatable bonds is 5. The van der Waals surface area contributed by atoms with Crippen LogP contribution in [0.4, 0.5) is 0 Å². The largest absolute Gasteiger partial charge is 0.347 e. The predicted molar refractivity (Wildman–Crippen MR) is 57.3 cm³/mol. The van der Waals surface area contributed by atoms with Crippen molar-refractivity contribution in [1.82, 2.24) is 20.4 Å². The van der Waals surface area contributed by atoms with Crippen molar-refractivity contribution in [3.63, 3.8) is 0 Å². The number of carbonyl (C=O) groups is 2. The molecule has 7 nitrogen and oxygen atoms in total. The molecule has 1 aromatic rings. The molecule has 0 aliphatic heterocycles. The van der Waals surface area contributed by atoms with E-state index in [4.69, 9.17) is 5.73 Å². The lowest BCUT2D eigenvalue weighted by molar-refractivity contribution is -0.139. The van der Waals surface area contributed by atoms with Gasteiger partial charge in [-0.3, -0.25) is 14.3 Å². The summed E-state index contributed by atoms with van der Waals surface area (Å²) in [5.41, 5.74) is 5.18. The van der Waals surface area contributed by atoms with E-state index in [1.807, 2.05) is 0 Å². The molecule has 0 unspecified atom stereocenters. The van der Waals surface area contributed by atoms with Crippen molar-refractivity contribution in [2.45, 2.75) is 6.54 Å². The summed E-state index contributed by atoms with van der Waals surface area (Å²) in [4.78, 5) is 22.3. The van der Waals surface area contributed by atoms with E-state index in [-0.39, 0.29) is 0 Å². The number of hydrogen-bond acceptors (Lipinski definition) is 4. The molecule has 1 aromatic heterocycles. The van der Waals surface area contributed by atoms with Crippen LogP contribution in [0, 0.1) is 0 Å². The zero-order valence-electron chi connectivity index (χ0n) is 8.85. The molecule has 0 spiro atoms. The fraction of sp³-hybridized carbons (Fsp3) is 0.444. The molecule has 88 valence electrons. The van der Waals surface area contributed by atoms with Crippen molar-refractivity contribution in [1.29, 1.82) is 0 Å². The summed E-state index contributed by atoms with van der Waals surface area (Å²) >= 11 is 0. The van der Waals surface area contributed by atoms with Gasteiger partial charge in [0.2, 0.25) is 0 Å². The van der Waals surface area contributed by atoms with Gasteiger partial charge in [-0.2, -0.15) is 5.10 Å². The molecule has 0 aliphatic carbocycles. The van der Waals surface area contributed by atoms with Gasteiger partial charge in [0.15, 0.2) is 0 Å². The fourth-order valence-corrected chi connectivity index (χ4v) is 1.06. The summed E-state index contributed by atoms with van der Waals surface area (Å²) in [7, 11) is 0. The van der Waals surface area contributed by atoms with Crippen LogP contribution in [-0.4, -0.2) is 41.2 Å². The van der Waals surface area contributed by atoms with E-state index in [2.05, 4.69) is 15.7 Å². The molecular weight excluding hydrogens is 210 g/mol. The van der Waals surface area contributed by atoms with Crippen LogP contribution in [0.25, 0.3) is 0 Å². The second-order valence-corrected chi connectivity index (χ2v) is 3.07. The van der Waals surface area contributed by atoms with Crippen LogP contribution < -0.4 is 16.4 Å². The third-order valence-corrected chi connectivity index (χ3v) is 1.82. The number of aromatic nitrogens is 2. The summed E-state index contributed by atoms with van der Waals surface area (Å²) < 4.78 is 1.66. The molecule has 1 heterocycles.